The maximum atomic E-state index is 4.81. The summed E-state index contributed by atoms with van der Waals surface area (Å²) in [6.07, 6.45) is 4.07. The number of nitrogens with zero attached hydrogens (tertiary/aromatic N) is 5. The Kier molecular flexibility index (Phi) is 4.61. The molecule has 1 saturated heterocycles. The molecule has 25 heavy (non-hydrogen) atoms. The molecule has 6 heteroatoms. The Bertz CT molecular complexity index is 828. The number of hydrogen-bond donors (Lipinski definition) is 1. The highest BCUT2D eigenvalue weighted by atomic mass is 15.3. The van der Waals surface area contributed by atoms with E-state index in [2.05, 4.69) is 50.1 Å². The third-order valence-electron chi connectivity index (χ3n) is 4.90. The van der Waals surface area contributed by atoms with Crippen LogP contribution in [0, 0.1) is 0 Å². The van der Waals surface area contributed by atoms with Crippen LogP contribution in [-0.2, 0) is 13.1 Å². The molecule has 0 amide bonds. The van der Waals surface area contributed by atoms with Crippen molar-refractivity contribution in [2.24, 2.45) is 0 Å². The minimum absolute atomic E-state index is 0.445. The molecule has 0 radical (unpaired) electrons. The van der Waals surface area contributed by atoms with Gasteiger partial charge in [-0.15, -0.1) is 5.10 Å². The SMILES string of the molecule is CCn1c(CN[C@@H]2CCCN(c3cccnn3)C2)nc2ccccc21. The molecule has 0 spiro atoms. The van der Waals surface area contributed by atoms with Gasteiger partial charge in [-0.2, -0.15) is 5.10 Å². The van der Waals surface area contributed by atoms with Crippen LogP contribution in [0.1, 0.15) is 25.6 Å². The van der Waals surface area contributed by atoms with Crippen LogP contribution in [0.25, 0.3) is 11.0 Å². The van der Waals surface area contributed by atoms with Crippen LogP contribution in [0.15, 0.2) is 42.6 Å². The lowest BCUT2D eigenvalue weighted by Crippen LogP contribution is -2.46. The van der Waals surface area contributed by atoms with E-state index < -0.39 is 0 Å². The first-order valence-electron chi connectivity index (χ1n) is 9.05. The average molecular weight is 336 g/mol. The first-order chi connectivity index (χ1) is 12.3. The summed E-state index contributed by atoms with van der Waals surface area (Å²) in [5, 5.41) is 11.9. The highest BCUT2D eigenvalue weighted by molar-refractivity contribution is 5.75. The normalized spacial score (nSPS) is 18.0. The molecule has 1 N–H and O–H groups in total. The fourth-order valence-corrected chi connectivity index (χ4v) is 3.66. The molecule has 0 saturated carbocycles. The zero-order valence-corrected chi connectivity index (χ0v) is 14.6. The summed E-state index contributed by atoms with van der Waals surface area (Å²) in [5.74, 6) is 2.08. The van der Waals surface area contributed by atoms with Crippen molar-refractivity contribution in [3.05, 3.63) is 48.4 Å². The van der Waals surface area contributed by atoms with Crippen LogP contribution in [0.4, 0.5) is 5.82 Å². The number of para-hydroxylation sites is 2. The molecule has 0 aliphatic carbocycles. The molecule has 1 aliphatic heterocycles. The Labute approximate surface area is 147 Å². The molecule has 130 valence electrons. The van der Waals surface area contributed by atoms with Gasteiger partial charge in [0.25, 0.3) is 0 Å². The lowest BCUT2D eigenvalue weighted by molar-refractivity contribution is 0.412. The van der Waals surface area contributed by atoms with Gasteiger partial charge in [0, 0.05) is 31.9 Å². The second-order valence-electron chi connectivity index (χ2n) is 6.51. The molecule has 1 atom stereocenters. The minimum Gasteiger partial charge on any atom is -0.354 e. The van der Waals surface area contributed by atoms with Crippen molar-refractivity contribution >= 4 is 16.9 Å². The largest absolute Gasteiger partial charge is 0.354 e. The number of hydrogen-bond acceptors (Lipinski definition) is 5. The number of aromatic nitrogens is 4. The lowest BCUT2D eigenvalue weighted by atomic mass is 10.1. The van der Waals surface area contributed by atoms with E-state index >= 15 is 0 Å². The van der Waals surface area contributed by atoms with E-state index in [0.717, 1.165) is 43.3 Å². The number of imidazole rings is 1. The van der Waals surface area contributed by atoms with Crippen LogP contribution >= 0.6 is 0 Å². The predicted octanol–water partition coefficient (Wildman–Crippen LogP) is 2.60. The Morgan fingerprint density at radius 2 is 2.12 bits per heavy atom. The summed E-state index contributed by atoms with van der Waals surface area (Å²) in [7, 11) is 0. The van der Waals surface area contributed by atoms with Crippen molar-refractivity contribution in [1.29, 1.82) is 0 Å². The Morgan fingerprint density at radius 3 is 2.96 bits per heavy atom. The van der Waals surface area contributed by atoms with Gasteiger partial charge in [0.2, 0.25) is 0 Å². The molecule has 1 aliphatic rings. The van der Waals surface area contributed by atoms with Gasteiger partial charge in [-0.1, -0.05) is 12.1 Å². The van der Waals surface area contributed by atoms with Gasteiger partial charge >= 0.3 is 0 Å². The average Bonchev–Trinajstić information content (AvgIpc) is 3.05. The van der Waals surface area contributed by atoms with E-state index in [0.29, 0.717) is 6.04 Å². The molecule has 2 aromatic heterocycles. The molecule has 0 bridgehead atoms. The fourth-order valence-electron chi connectivity index (χ4n) is 3.66. The van der Waals surface area contributed by atoms with E-state index in [9.17, 15) is 0 Å². The van der Waals surface area contributed by atoms with Crippen LogP contribution in [0.5, 0.6) is 0 Å². The highest BCUT2D eigenvalue weighted by Gasteiger charge is 2.21. The third-order valence-corrected chi connectivity index (χ3v) is 4.90. The number of rotatable bonds is 5. The maximum Gasteiger partial charge on any atom is 0.151 e. The second kappa shape index (κ2) is 7.19. The molecular weight excluding hydrogens is 312 g/mol. The summed E-state index contributed by atoms with van der Waals surface area (Å²) in [6.45, 7) is 5.92. The van der Waals surface area contributed by atoms with Crippen LogP contribution < -0.4 is 10.2 Å². The van der Waals surface area contributed by atoms with Gasteiger partial charge in [-0.05, 0) is 44.0 Å². The van der Waals surface area contributed by atoms with E-state index in [-0.39, 0.29) is 0 Å². The predicted molar refractivity (Wildman–Crippen MR) is 99.5 cm³/mol. The summed E-state index contributed by atoms with van der Waals surface area (Å²) in [5.41, 5.74) is 2.29. The number of anilines is 1. The molecule has 4 rings (SSSR count). The van der Waals surface area contributed by atoms with Crippen LogP contribution in [-0.4, -0.2) is 38.9 Å². The van der Waals surface area contributed by atoms with Crippen molar-refractivity contribution < 1.29 is 0 Å². The van der Waals surface area contributed by atoms with Crippen molar-refractivity contribution in [3.8, 4) is 0 Å². The zero-order valence-electron chi connectivity index (χ0n) is 14.6. The highest BCUT2D eigenvalue weighted by Crippen LogP contribution is 2.19. The van der Waals surface area contributed by atoms with Gasteiger partial charge in [0.1, 0.15) is 5.82 Å². The number of fused-ring (bicyclic) bond motifs is 1. The number of nitrogens with one attached hydrogen (secondary N) is 1. The van der Waals surface area contributed by atoms with E-state index in [1.165, 1.54) is 18.4 Å². The molecular formula is C19H24N6. The smallest absolute Gasteiger partial charge is 0.151 e. The molecule has 0 unspecified atom stereocenters. The summed E-state index contributed by atoms with van der Waals surface area (Å²) < 4.78 is 2.30. The molecule has 1 fully saturated rings. The minimum atomic E-state index is 0.445. The van der Waals surface area contributed by atoms with Crippen LogP contribution in [0.2, 0.25) is 0 Å². The number of aryl methyl sites for hydroxylation is 1. The third kappa shape index (κ3) is 3.35. The van der Waals surface area contributed by atoms with E-state index in [4.69, 9.17) is 4.98 Å². The summed E-state index contributed by atoms with van der Waals surface area (Å²) in [4.78, 5) is 7.13. The van der Waals surface area contributed by atoms with E-state index in [1.807, 2.05) is 18.2 Å². The van der Waals surface area contributed by atoms with Crippen molar-refractivity contribution in [1.82, 2.24) is 25.1 Å². The van der Waals surface area contributed by atoms with Gasteiger partial charge in [-0.25, -0.2) is 4.98 Å². The van der Waals surface area contributed by atoms with Crippen molar-refractivity contribution in [2.45, 2.75) is 38.9 Å². The topological polar surface area (TPSA) is 58.9 Å². The zero-order chi connectivity index (χ0) is 17.1. The van der Waals surface area contributed by atoms with Gasteiger partial charge in [0.15, 0.2) is 5.82 Å². The quantitative estimate of drug-likeness (QED) is 0.776. The second-order valence-corrected chi connectivity index (χ2v) is 6.51. The Balaban J connectivity index is 1.44. The van der Waals surface area contributed by atoms with Crippen molar-refractivity contribution in [3.63, 3.8) is 0 Å². The Hall–Kier alpha value is -2.47. The summed E-state index contributed by atoms with van der Waals surface area (Å²) in [6, 6.07) is 12.8. The molecule has 3 aromatic rings. The molecule has 1 aromatic carbocycles. The lowest BCUT2D eigenvalue weighted by Gasteiger charge is -2.33. The summed E-state index contributed by atoms with van der Waals surface area (Å²) >= 11 is 0. The fraction of sp³-hybridized carbons (Fsp3) is 0.421. The van der Waals surface area contributed by atoms with Gasteiger partial charge < -0.3 is 14.8 Å². The standard InChI is InChI=1S/C19H24N6/c1-2-25-17-9-4-3-8-16(17)22-19(25)13-20-15-7-6-12-24(14-15)18-10-5-11-21-23-18/h3-5,8-11,15,20H,2,6-7,12-14H2,1H3/t15-/m1/s1. The van der Waals surface area contributed by atoms with Gasteiger partial charge in [-0.3, -0.25) is 0 Å². The number of piperidine rings is 1. The monoisotopic (exact) mass is 336 g/mol. The van der Waals surface area contributed by atoms with Crippen molar-refractivity contribution in [2.75, 3.05) is 18.0 Å². The maximum absolute atomic E-state index is 4.81. The Morgan fingerprint density at radius 1 is 1.20 bits per heavy atom. The van der Waals surface area contributed by atoms with Crippen LogP contribution in [0.3, 0.4) is 0 Å². The first kappa shape index (κ1) is 16.0. The molecule has 6 nitrogen and oxygen atoms in total. The van der Waals surface area contributed by atoms with E-state index in [1.54, 1.807) is 6.20 Å². The number of benzene rings is 1. The molecule has 3 heterocycles. The van der Waals surface area contributed by atoms with Gasteiger partial charge in [0.05, 0.1) is 17.6 Å². The first-order valence-corrected chi connectivity index (χ1v) is 9.05.